The van der Waals surface area contributed by atoms with E-state index >= 15 is 0 Å². The second-order valence-corrected chi connectivity index (χ2v) is 6.25. The number of urea groups is 1. The second-order valence-electron chi connectivity index (χ2n) is 6.25. The highest BCUT2D eigenvalue weighted by atomic mass is 16.5. The van der Waals surface area contributed by atoms with E-state index in [1.54, 1.807) is 19.5 Å². The molecular formula is C19H25N3O2. The van der Waals surface area contributed by atoms with Crippen LogP contribution >= 0.6 is 0 Å². The number of aryl methyl sites for hydroxylation is 1. The molecule has 2 N–H and O–H groups in total. The van der Waals surface area contributed by atoms with Crippen LogP contribution in [0.4, 0.5) is 10.5 Å². The summed E-state index contributed by atoms with van der Waals surface area (Å²) < 4.78 is 5.29. The van der Waals surface area contributed by atoms with E-state index < -0.39 is 0 Å². The molecule has 1 heterocycles. The number of aromatic nitrogens is 1. The normalized spacial score (nSPS) is 11.9. The molecule has 0 saturated carbocycles. The Balaban J connectivity index is 2.07. The topological polar surface area (TPSA) is 63.2 Å². The molecule has 1 atom stereocenters. The van der Waals surface area contributed by atoms with Gasteiger partial charge in [-0.2, -0.15) is 0 Å². The summed E-state index contributed by atoms with van der Waals surface area (Å²) >= 11 is 0. The van der Waals surface area contributed by atoms with E-state index in [1.807, 2.05) is 37.3 Å². The molecule has 0 unspecified atom stereocenters. The highest BCUT2D eigenvalue weighted by molar-refractivity contribution is 5.89. The van der Waals surface area contributed by atoms with Gasteiger partial charge in [-0.15, -0.1) is 0 Å². The monoisotopic (exact) mass is 327 g/mol. The number of pyridine rings is 1. The molecule has 1 aromatic heterocycles. The summed E-state index contributed by atoms with van der Waals surface area (Å²) in [6, 6.07) is 9.14. The van der Waals surface area contributed by atoms with E-state index in [0.29, 0.717) is 11.6 Å². The van der Waals surface area contributed by atoms with Gasteiger partial charge >= 0.3 is 6.03 Å². The number of carbonyl (C=O) groups excluding carboxylic acids is 1. The number of anilines is 1. The Morgan fingerprint density at radius 3 is 2.71 bits per heavy atom. The summed E-state index contributed by atoms with van der Waals surface area (Å²) in [6.45, 7) is 6.23. The third-order valence-electron chi connectivity index (χ3n) is 3.77. The zero-order valence-electron chi connectivity index (χ0n) is 14.7. The van der Waals surface area contributed by atoms with Gasteiger partial charge in [0, 0.05) is 24.1 Å². The summed E-state index contributed by atoms with van der Waals surface area (Å²) in [5.41, 5.74) is 2.73. The van der Waals surface area contributed by atoms with Gasteiger partial charge in [0.25, 0.3) is 0 Å². The van der Waals surface area contributed by atoms with E-state index in [4.69, 9.17) is 4.74 Å². The lowest BCUT2D eigenvalue weighted by Crippen LogP contribution is -2.33. The zero-order chi connectivity index (χ0) is 17.5. The van der Waals surface area contributed by atoms with E-state index in [9.17, 15) is 4.79 Å². The molecule has 0 fully saturated rings. The van der Waals surface area contributed by atoms with Crippen LogP contribution in [0, 0.1) is 12.8 Å². The van der Waals surface area contributed by atoms with Gasteiger partial charge < -0.3 is 15.4 Å². The fourth-order valence-corrected chi connectivity index (χ4v) is 2.56. The van der Waals surface area contributed by atoms with Crippen molar-refractivity contribution >= 4 is 11.7 Å². The molecule has 0 radical (unpaired) electrons. The number of carbonyl (C=O) groups is 1. The van der Waals surface area contributed by atoms with Gasteiger partial charge in [0.1, 0.15) is 5.75 Å². The van der Waals surface area contributed by atoms with Gasteiger partial charge in [-0.3, -0.25) is 4.98 Å². The molecule has 0 aliphatic carbocycles. The number of ether oxygens (including phenoxy) is 1. The van der Waals surface area contributed by atoms with E-state index in [-0.39, 0.29) is 12.1 Å². The van der Waals surface area contributed by atoms with Crippen LogP contribution in [-0.4, -0.2) is 18.1 Å². The van der Waals surface area contributed by atoms with Crippen molar-refractivity contribution in [2.75, 3.05) is 12.4 Å². The average molecular weight is 327 g/mol. The Labute approximate surface area is 143 Å². The minimum absolute atomic E-state index is 0.0777. The van der Waals surface area contributed by atoms with Gasteiger partial charge in [0.2, 0.25) is 0 Å². The Bertz CT molecular complexity index is 672. The molecule has 5 nitrogen and oxygen atoms in total. The van der Waals surface area contributed by atoms with Crippen molar-refractivity contribution in [3.63, 3.8) is 0 Å². The molecular weight excluding hydrogens is 302 g/mol. The Morgan fingerprint density at radius 1 is 1.29 bits per heavy atom. The standard InChI is InChI=1S/C19H25N3O2/c1-13(2)10-17(15-6-5-9-20-12-15)22-19(23)21-16-8-7-14(3)18(11-16)24-4/h5-9,11-13,17H,10H2,1-4H3,(H2,21,22,23)/t17-/m0/s1. The van der Waals surface area contributed by atoms with Gasteiger partial charge in [-0.25, -0.2) is 4.79 Å². The molecule has 0 aliphatic rings. The molecule has 2 amide bonds. The number of methoxy groups -OCH3 is 1. The third-order valence-corrected chi connectivity index (χ3v) is 3.77. The fourth-order valence-electron chi connectivity index (χ4n) is 2.56. The zero-order valence-corrected chi connectivity index (χ0v) is 14.7. The maximum atomic E-state index is 12.4. The van der Waals surface area contributed by atoms with Crippen molar-refractivity contribution in [1.29, 1.82) is 0 Å². The summed E-state index contributed by atoms with van der Waals surface area (Å²) in [5, 5.41) is 5.90. The highest BCUT2D eigenvalue weighted by Crippen LogP contribution is 2.23. The Kier molecular flexibility index (Phi) is 6.18. The molecule has 5 heteroatoms. The van der Waals surface area contributed by atoms with Crippen molar-refractivity contribution in [1.82, 2.24) is 10.3 Å². The van der Waals surface area contributed by atoms with Gasteiger partial charge in [-0.1, -0.05) is 26.0 Å². The Morgan fingerprint density at radius 2 is 2.08 bits per heavy atom. The minimum Gasteiger partial charge on any atom is -0.496 e. The van der Waals surface area contributed by atoms with Crippen LogP contribution in [0.2, 0.25) is 0 Å². The summed E-state index contributed by atoms with van der Waals surface area (Å²) in [4.78, 5) is 16.5. The number of hydrogen-bond donors (Lipinski definition) is 2. The maximum absolute atomic E-state index is 12.4. The lowest BCUT2D eigenvalue weighted by Gasteiger charge is -2.21. The number of nitrogens with zero attached hydrogens (tertiary/aromatic N) is 1. The van der Waals surface area contributed by atoms with Crippen LogP contribution in [0.3, 0.4) is 0 Å². The number of rotatable bonds is 6. The van der Waals surface area contributed by atoms with Gasteiger partial charge in [0.05, 0.1) is 13.2 Å². The summed E-state index contributed by atoms with van der Waals surface area (Å²) in [5.74, 6) is 1.20. The molecule has 24 heavy (non-hydrogen) atoms. The van der Waals surface area contributed by atoms with Crippen LogP contribution in [0.25, 0.3) is 0 Å². The number of amides is 2. The molecule has 0 saturated heterocycles. The van der Waals surface area contributed by atoms with Crippen molar-refractivity contribution in [3.05, 3.63) is 53.9 Å². The largest absolute Gasteiger partial charge is 0.496 e. The average Bonchev–Trinajstić information content (AvgIpc) is 2.56. The van der Waals surface area contributed by atoms with E-state index in [0.717, 1.165) is 23.3 Å². The molecule has 1 aromatic carbocycles. The first-order chi connectivity index (χ1) is 11.5. The SMILES string of the molecule is COc1cc(NC(=O)N[C@@H](CC(C)C)c2cccnc2)ccc1C. The first-order valence-corrected chi connectivity index (χ1v) is 8.11. The molecule has 0 spiro atoms. The smallest absolute Gasteiger partial charge is 0.319 e. The molecule has 128 valence electrons. The lowest BCUT2D eigenvalue weighted by molar-refractivity contribution is 0.246. The van der Waals surface area contributed by atoms with Crippen molar-refractivity contribution in [2.45, 2.75) is 33.2 Å². The Hall–Kier alpha value is -2.56. The fraction of sp³-hybridized carbons (Fsp3) is 0.368. The number of nitrogens with one attached hydrogen (secondary N) is 2. The lowest BCUT2D eigenvalue weighted by atomic mass is 9.98. The first kappa shape index (κ1) is 17.8. The number of benzene rings is 1. The van der Waals surface area contributed by atoms with Gasteiger partial charge in [0.15, 0.2) is 0 Å². The predicted octanol–water partition coefficient (Wildman–Crippen LogP) is 4.31. The molecule has 2 rings (SSSR count). The van der Waals surface area contributed by atoms with Crippen LogP contribution in [0.1, 0.15) is 37.4 Å². The van der Waals surface area contributed by atoms with Crippen molar-refractivity contribution < 1.29 is 9.53 Å². The quantitative estimate of drug-likeness (QED) is 0.831. The van der Waals surface area contributed by atoms with Crippen molar-refractivity contribution in [3.8, 4) is 5.75 Å². The summed E-state index contributed by atoms with van der Waals surface area (Å²) in [7, 11) is 1.62. The maximum Gasteiger partial charge on any atom is 0.319 e. The van der Waals surface area contributed by atoms with Crippen LogP contribution in [0.15, 0.2) is 42.7 Å². The van der Waals surface area contributed by atoms with Crippen molar-refractivity contribution in [2.24, 2.45) is 5.92 Å². The highest BCUT2D eigenvalue weighted by Gasteiger charge is 2.16. The first-order valence-electron chi connectivity index (χ1n) is 8.11. The van der Waals surface area contributed by atoms with E-state index in [1.165, 1.54) is 0 Å². The van der Waals surface area contributed by atoms with Crippen LogP contribution in [0.5, 0.6) is 5.75 Å². The van der Waals surface area contributed by atoms with E-state index in [2.05, 4.69) is 29.5 Å². The number of hydrogen-bond acceptors (Lipinski definition) is 3. The van der Waals surface area contributed by atoms with Crippen LogP contribution < -0.4 is 15.4 Å². The van der Waals surface area contributed by atoms with Crippen LogP contribution in [-0.2, 0) is 0 Å². The predicted molar refractivity (Wildman–Crippen MR) is 96.3 cm³/mol. The third kappa shape index (κ3) is 4.98. The molecule has 2 aromatic rings. The summed E-state index contributed by atoms with van der Waals surface area (Å²) in [6.07, 6.45) is 4.37. The molecule has 0 bridgehead atoms. The second kappa shape index (κ2) is 8.34. The molecule has 0 aliphatic heterocycles. The minimum atomic E-state index is -0.240. The van der Waals surface area contributed by atoms with Gasteiger partial charge in [-0.05, 0) is 42.5 Å².